The molecule has 5 heteroatoms. The van der Waals surface area contributed by atoms with E-state index >= 15 is 0 Å². The molecule has 1 N–H and O–H groups in total. The smallest absolute Gasteiger partial charge is 0.145 e. The molecule has 1 aliphatic heterocycles. The Labute approximate surface area is 153 Å². The van der Waals surface area contributed by atoms with Crippen LogP contribution < -0.4 is 0 Å². The number of aliphatic hydroxyl groups excluding tert-OH is 1. The highest BCUT2D eigenvalue weighted by Crippen LogP contribution is 2.19. The van der Waals surface area contributed by atoms with Crippen molar-refractivity contribution in [1.82, 2.24) is 4.90 Å². The Morgan fingerprint density at radius 3 is 2.64 bits per heavy atom. The van der Waals surface area contributed by atoms with E-state index in [1.54, 1.807) is 0 Å². The second kappa shape index (κ2) is 8.48. The van der Waals surface area contributed by atoms with Crippen molar-refractivity contribution in [2.75, 3.05) is 20.1 Å². The number of benzene rings is 2. The highest BCUT2D eigenvalue weighted by Gasteiger charge is 2.24. The first-order valence-electron chi connectivity index (χ1n) is 8.49. The summed E-state index contributed by atoms with van der Waals surface area (Å²) in [6, 6.07) is 17.7. The van der Waals surface area contributed by atoms with Crippen LogP contribution in [0.1, 0.15) is 17.5 Å². The zero-order valence-corrected chi connectivity index (χ0v) is 15.1. The van der Waals surface area contributed by atoms with Crippen molar-refractivity contribution in [3.63, 3.8) is 0 Å². The number of oxime groups is 1. The molecule has 2 aromatic carbocycles. The van der Waals surface area contributed by atoms with Gasteiger partial charge >= 0.3 is 0 Å². The van der Waals surface area contributed by atoms with Crippen molar-refractivity contribution >= 4 is 17.3 Å². The van der Waals surface area contributed by atoms with Crippen molar-refractivity contribution in [2.24, 2.45) is 5.16 Å². The van der Waals surface area contributed by atoms with E-state index in [0.717, 1.165) is 29.8 Å². The number of halogens is 1. The third kappa shape index (κ3) is 5.30. The topological polar surface area (TPSA) is 45.1 Å². The molecule has 0 saturated heterocycles. The number of nitrogens with zero attached hydrogens (tertiary/aromatic N) is 2. The molecular weight excluding hydrogens is 336 g/mol. The molecule has 2 unspecified atom stereocenters. The van der Waals surface area contributed by atoms with E-state index in [1.807, 2.05) is 61.6 Å². The molecule has 0 saturated carbocycles. The summed E-state index contributed by atoms with van der Waals surface area (Å²) in [6.07, 6.45) is 1.04. The summed E-state index contributed by atoms with van der Waals surface area (Å²) in [5.74, 6) is 0. The van der Waals surface area contributed by atoms with Crippen molar-refractivity contribution in [2.45, 2.75) is 25.0 Å². The van der Waals surface area contributed by atoms with Gasteiger partial charge in [-0.15, -0.1) is 0 Å². The van der Waals surface area contributed by atoms with Gasteiger partial charge in [0.25, 0.3) is 0 Å². The maximum atomic E-state index is 10.3. The Morgan fingerprint density at radius 2 is 1.92 bits per heavy atom. The Balaban J connectivity index is 1.44. The summed E-state index contributed by atoms with van der Waals surface area (Å²) >= 11 is 5.92. The van der Waals surface area contributed by atoms with Gasteiger partial charge in [0.15, 0.2) is 0 Å². The maximum absolute atomic E-state index is 10.3. The monoisotopic (exact) mass is 358 g/mol. The minimum atomic E-state index is -0.398. The molecule has 1 aliphatic rings. The van der Waals surface area contributed by atoms with Gasteiger partial charge in [-0.2, -0.15) is 0 Å². The van der Waals surface area contributed by atoms with Gasteiger partial charge in [0, 0.05) is 24.5 Å². The van der Waals surface area contributed by atoms with Crippen LogP contribution in [0.15, 0.2) is 59.8 Å². The second-order valence-electron chi connectivity index (χ2n) is 6.54. The van der Waals surface area contributed by atoms with Gasteiger partial charge in [0.1, 0.15) is 6.10 Å². The van der Waals surface area contributed by atoms with Crippen molar-refractivity contribution in [3.05, 3.63) is 70.7 Å². The summed E-state index contributed by atoms with van der Waals surface area (Å²) in [7, 11) is 2.00. The Hall–Kier alpha value is -1.88. The third-order valence-corrected chi connectivity index (χ3v) is 4.51. The summed E-state index contributed by atoms with van der Waals surface area (Å²) in [5, 5.41) is 15.2. The van der Waals surface area contributed by atoms with Gasteiger partial charge in [-0.05, 0) is 36.7 Å². The van der Waals surface area contributed by atoms with Crippen LogP contribution in [0.2, 0.25) is 5.02 Å². The van der Waals surface area contributed by atoms with E-state index in [1.165, 1.54) is 0 Å². The van der Waals surface area contributed by atoms with E-state index in [4.69, 9.17) is 16.4 Å². The fourth-order valence-corrected chi connectivity index (χ4v) is 3.20. The first kappa shape index (κ1) is 17.9. The van der Waals surface area contributed by atoms with Crippen molar-refractivity contribution in [3.8, 4) is 0 Å². The lowest BCUT2D eigenvalue weighted by molar-refractivity contribution is 0.0443. The SMILES string of the molecule is CN(CC(O)Cc1ccccc1)CC1CC(c2ccc(Cl)cc2)=NO1. The van der Waals surface area contributed by atoms with Crippen LogP contribution >= 0.6 is 11.6 Å². The first-order valence-corrected chi connectivity index (χ1v) is 8.87. The Kier molecular flexibility index (Phi) is 6.08. The van der Waals surface area contributed by atoms with E-state index in [2.05, 4.69) is 10.1 Å². The molecule has 132 valence electrons. The van der Waals surface area contributed by atoms with Gasteiger partial charge in [0.2, 0.25) is 0 Å². The van der Waals surface area contributed by atoms with Gasteiger partial charge in [-0.3, -0.25) is 4.90 Å². The highest BCUT2D eigenvalue weighted by molar-refractivity contribution is 6.30. The summed E-state index contributed by atoms with van der Waals surface area (Å²) in [6.45, 7) is 1.33. The summed E-state index contributed by atoms with van der Waals surface area (Å²) < 4.78 is 0. The zero-order valence-electron chi connectivity index (χ0n) is 14.3. The lowest BCUT2D eigenvalue weighted by Crippen LogP contribution is -2.36. The Bertz CT molecular complexity index is 703. The molecule has 0 radical (unpaired) electrons. The lowest BCUT2D eigenvalue weighted by atomic mass is 10.0. The quantitative estimate of drug-likeness (QED) is 0.825. The van der Waals surface area contributed by atoms with E-state index < -0.39 is 6.10 Å². The third-order valence-electron chi connectivity index (χ3n) is 4.26. The van der Waals surface area contributed by atoms with Crippen LogP contribution in [0.25, 0.3) is 0 Å². The van der Waals surface area contributed by atoms with E-state index in [9.17, 15) is 5.11 Å². The lowest BCUT2D eigenvalue weighted by Gasteiger charge is -2.22. The second-order valence-corrected chi connectivity index (χ2v) is 6.98. The number of hydrogen-bond acceptors (Lipinski definition) is 4. The average Bonchev–Trinajstić information content (AvgIpc) is 3.04. The van der Waals surface area contributed by atoms with Crippen molar-refractivity contribution in [1.29, 1.82) is 0 Å². The molecule has 2 aromatic rings. The predicted octanol–water partition coefficient (Wildman–Crippen LogP) is 3.37. The van der Waals surface area contributed by atoms with Crippen LogP contribution in [0.4, 0.5) is 0 Å². The molecule has 1 heterocycles. The molecular formula is C20H23ClN2O2. The Morgan fingerprint density at radius 1 is 1.20 bits per heavy atom. The standard InChI is InChI=1S/C20H23ClN2O2/c1-23(13-18(24)11-15-5-3-2-4-6-15)14-19-12-20(22-25-19)16-7-9-17(21)10-8-16/h2-10,18-19,24H,11-14H2,1H3. The van der Waals surface area contributed by atoms with Gasteiger partial charge < -0.3 is 9.94 Å². The summed E-state index contributed by atoms with van der Waals surface area (Å²) in [5.41, 5.74) is 3.13. The van der Waals surface area contributed by atoms with Crippen LogP contribution in [0, 0.1) is 0 Å². The van der Waals surface area contributed by atoms with Crippen LogP contribution in [0.3, 0.4) is 0 Å². The maximum Gasteiger partial charge on any atom is 0.145 e. The van der Waals surface area contributed by atoms with E-state index in [-0.39, 0.29) is 6.10 Å². The molecule has 0 spiro atoms. The molecule has 0 aliphatic carbocycles. The molecule has 4 nitrogen and oxygen atoms in total. The average molecular weight is 359 g/mol. The van der Waals surface area contributed by atoms with E-state index in [0.29, 0.717) is 18.0 Å². The molecule has 0 aromatic heterocycles. The van der Waals surface area contributed by atoms with Crippen LogP contribution in [-0.4, -0.2) is 48.1 Å². The molecule has 0 amide bonds. The zero-order chi connectivity index (χ0) is 17.6. The molecule has 0 fully saturated rings. The number of rotatable bonds is 7. The number of hydrogen-bond donors (Lipinski definition) is 1. The highest BCUT2D eigenvalue weighted by atomic mass is 35.5. The van der Waals surface area contributed by atoms with Gasteiger partial charge in [-0.1, -0.05) is 59.2 Å². The first-order chi connectivity index (χ1) is 12.1. The number of aliphatic hydroxyl groups is 1. The van der Waals surface area contributed by atoms with Gasteiger partial charge in [0.05, 0.1) is 11.8 Å². The fourth-order valence-electron chi connectivity index (χ4n) is 3.07. The molecule has 25 heavy (non-hydrogen) atoms. The minimum absolute atomic E-state index is 0.0135. The van der Waals surface area contributed by atoms with Crippen molar-refractivity contribution < 1.29 is 9.94 Å². The normalized spacial score (nSPS) is 18.1. The molecule has 3 rings (SSSR count). The fraction of sp³-hybridized carbons (Fsp3) is 0.350. The largest absolute Gasteiger partial charge is 0.391 e. The number of likely N-dealkylation sites (N-methyl/N-ethyl adjacent to an activating group) is 1. The minimum Gasteiger partial charge on any atom is -0.391 e. The van der Waals surface area contributed by atoms with Crippen LogP contribution in [-0.2, 0) is 11.3 Å². The van der Waals surface area contributed by atoms with Gasteiger partial charge in [-0.25, -0.2) is 0 Å². The molecule has 0 bridgehead atoms. The van der Waals surface area contributed by atoms with Crippen LogP contribution in [0.5, 0.6) is 0 Å². The predicted molar refractivity (Wildman–Crippen MR) is 101 cm³/mol. The molecule has 2 atom stereocenters. The summed E-state index contributed by atoms with van der Waals surface area (Å²) in [4.78, 5) is 7.65.